The summed E-state index contributed by atoms with van der Waals surface area (Å²) in [5.74, 6) is 0. The van der Waals surface area contributed by atoms with Crippen LogP contribution < -0.4 is 10.5 Å². The molecule has 0 aliphatic heterocycles. The molecule has 100 valence electrons. The molecule has 0 heterocycles. The molecule has 1 aliphatic carbocycles. The molecule has 0 saturated heterocycles. The van der Waals surface area contributed by atoms with E-state index in [-0.39, 0.29) is 16.9 Å². The Bertz CT molecular complexity index is 524. The maximum absolute atomic E-state index is 11.4. The minimum Gasteiger partial charge on any atom is -0.396 e. The number of sulfonamides is 1. The minimum absolute atomic E-state index is 0.116. The van der Waals surface area contributed by atoms with Gasteiger partial charge in [0, 0.05) is 13.2 Å². The summed E-state index contributed by atoms with van der Waals surface area (Å²) in [6.07, 6.45) is 2.88. The molecule has 1 aliphatic rings. The first-order chi connectivity index (χ1) is 8.47. The van der Waals surface area contributed by atoms with E-state index < -0.39 is 10.0 Å². The van der Waals surface area contributed by atoms with E-state index in [1.807, 2.05) is 0 Å². The number of benzene rings is 1. The lowest BCUT2D eigenvalue weighted by Crippen LogP contribution is -2.20. The number of hydrogen-bond acceptors (Lipinski definition) is 4. The van der Waals surface area contributed by atoms with Crippen molar-refractivity contribution < 1.29 is 13.5 Å². The molecule has 5 nitrogen and oxygen atoms in total. The quantitative estimate of drug-likeness (QED) is 0.716. The maximum Gasteiger partial charge on any atom is 0.240 e. The second-order valence-electron chi connectivity index (χ2n) is 4.87. The average molecular weight is 270 g/mol. The number of nitrogens with two attached hydrogens (primary N) is 1. The smallest absolute Gasteiger partial charge is 0.240 e. The summed E-state index contributed by atoms with van der Waals surface area (Å²) in [6.45, 7) is 0.832. The van der Waals surface area contributed by atoms with Crippen LogP contribution >= 0.6 is 0 Å². The second kappa shape index (κ2) is 4.87. The third kappa shape index (κ3) is 3.01. The van der Waals surface area contributed by atoms with Crippen molar-refractivity contribution >= 4 is 15.7 Å². The highest BCUT2D eigenvalue weighted by molar-refractivity contribution is 7.89. The summed E-state index contributed by atoms with van der Waals surface area (Å²) in [6, 6.07) is 6.60. The van der Waals surface area contributed by atoms with E-state index in [9.17, 15) is 8.42 Å². The van der Waals surface area contributed by atoms with Crippen molar-refractivity contribution in [3.63, 3.8) is 0 Å². The van der Waals surface area contributed by atoms with Crippen LogP contribution in [0.25, 0.3) is 0 Å². The molecule has 0 amide bonds. The Labute approximate surface area is 107 Å². The van der Waals surface area contributed by atoms with Crippen molar-refractivity contribution in [3.05, 3.63) is 24.3 Å². The van der Waals surface area contributed by atoms with Gasteiger partial charge in [-0.3, -0.25) is 0 Å². The van der Waals surface area contributed by atoms with E-state index in [4.69, 9.17) is 10.2 Å². The van der Waals surface area contributed by atoms with Crippen LogP contribution in [0, 0.1) is 5.41 Å². The Morgan fingerprint density at radius 2 is 2.00 bits per heavy atom. The predicted octanol–water partition coefficient (Wildman–Crippen LogP) is 0.908. The summed E-state index contributed by atoms with van der Waals surface area (Å²) in [5, 5.41) is 17.3. The fourth-order valence-corrected chi connectivity index (χ4v) is 2.79. The zero-order valence-corrected chi connectivity index (χ0v) is 10.9. The number of hydrogen-bond donors (Lipinski definition) is 3. The molecule has 0 unspecified atom stereocenters. The molecular weight excluding hydrogens is 252 g/mol. The van der Waals surface area contributed by atoms with E-state index >= 15 is 0 Å². The highest BCUT2D eigenvalue weighted by atomic mass is 32.2. The minimum atomic E-state index is -3.70. The van der Waals surface area contributed by atoms with Crippen LogP contribution in [0.15, 0.2) is 29.2 Å². The highest BCUT2D eigenvalue weighted by Crippen LogP contribution is 2.48. The number of primary sulfonamides is 1. The Balaban J connectivity index is 2.11. The molecule has 18 heavy (non-hydrogen) atoms. The van der Waals surface area contributed by atoms with Gasteiger partial charge in [0.15, 0.2) is 0 Å². The predicted molar refractivity (Wildman–Crippen MR) is 69.7 cm³/mol. The molecule has 0 aromatic heterocycles. The number of nitrogens with one attached hydrogen (secondary N) is 1. The third-order valence-electron chi connectivity index (χ3n) is 3.45. The van der Waals surface area contributed by atoms with E-state index in [1.54, 1.807) is 18.2 Å². The highest BCUT2D eigenvalue weighted by Gasteiger charge is 2.41. The third-order valence-corrected chi connectivity index (χ3v) is 4.42. The molecule has 4 N–H and O–H groups in total. The van der Waals surface area contributed by atoms with Crippen LogP contribution in [-0.2, 0) is 10.0 Å². The lowest BCUT2D eigenvalue weighted by atomic mass is 10.0. The van der Waals surface area contributed by atoms with E-state index in [2.05, 4.69) is 5.32 Å². The number of para-hydroxylation sites is 1. The zero-order valence-electron chi connectivity index (χ0n) is 10.1. The number of rotatable bonds is 6. The van der Waals surface area contributed by atoms with Gasteiger partial charge >= 0.3 is 0 Å². The van der Waals surface area contributed by atoms with E-state index in [1.165, 1.54) is 6.07 Å². The van der Waals surface area contributed by atoms with Crippen molar-refractivity contribution in [1.82, 2.24) is 0 Å². The van der Waals surface area contributed by atoms with Crippen LogP contribution in [0.4, 0.5) is 5.69 Å². The van der Waals surface area contributed by atoms with Gasteiger partial charge in [0.25, 0.3) is 0 Å². The Morgan fingerprint density at radius 3 is 2.56 bits per heavy atom. The van der Waals surface area contributed by atoms with Gasteiger partial charge in [-0.15, -0.1) is 0 Å². The summed E-state index contributed by atoms with van der Waals surface area (Å²) >= 11 is 0. The van der Waals surface area contributed by atoms with Crippen molar-refractivity contribution in [3.8, 4) is 0 Å². The van der Waals surface area contributed by atoms with Crippen LogP contribution in [0.5, 0.6) is 0 Å². The molecule has 0 atom stereocenters. The van der Waals surface area contributed by atoms with Gasteiger partial charge < -0.3 is 10.4 Å². The molecule has 6 heteroatoms. The number of aliphatic hydroxyl groups is 1. The van der Waals surface area contributed by atoms with E-state index in [0.717, 1.165) is 19.3 Å². The summed E-state index contributed by atoms with van der Waals surface area (Å²) in [7, 11) is -3.70. The van der Waals surface area contributed by atoms with E-state index in [0.29, 0.717) is 12.2 Å². The first-order valence-corrected chi connectivity index (χ1v) is 7.48. The molecule has 0 bridgehead atoms. The monoisotopic (exact) mass is 270 g/mol. The average Bonchev–Trinajstić information content (AvgIpc) is 3.07. The standard InChI is InChI=1S/C12H18N2O3S/c13-18(16,17)11-4-2-1-3-10(11)14-9-12(5-6-12)7-8-15/h1-4,14-15H,5-9H2,(H2,13,16,17). The fourth-order valence-electron chi connectivity index (χ4n) is 2.07. The van der Waals surface area contributed by atoms with Crippen LogP contribution in [0.1, 0.15) is 19.3 Å². The molecule has 1 saturated carbocycles. The van der Waals surface area contributed by atoms with Crippen molar-refractivity contribution in [2.75, 3.05) is 18.5 Å². The van der Waals surface area contributed by atoms with Gasteiger partial charge in [0.1, 0.15) is 4.90 Å². The molecule has 0 spiro atoms. The Morgan fingerprint density at radius 1 is 1.33 bits per heavy atom. The summed E-state index contributed by atoms with van der Waals surface area (Å²) in [5.41, 5.74) is 0.657. The molecule has 2 rings (SSSR count). The van der Waals surface area contributed by atoms with Gasteiger partial charge in [0.05, 0.1) is 5.69 Å². The van der Waals surface area contributed by atoms with Crippen molar-refractivity contribution in [2.24, 2.45) is 10.6 Å². The second-order valence-corrected chi connectivity index (χ2v) is 6.40. The van der Waals surface area contributed by atoms with Gasteiger partial charge in [-0.1, -0.05) is 12.1 Å². The Hall–Kier alpha value is -1.11. The van der Waals surface area contributed by atoms with Crippen LogP contribution in [0.3, 0.4) is 0 Å². The first kappa shape index (κ1) is 13.3. The molecular formula is C12H18N2O3S. The zero-order chi connectivity index (χ0) is 13.2. The van der Waals surface area contributed by atoms with Gasteiger partial charge in [-0.2, -0.15) is 0 Å². The molecule has 0 radical (unpaired) electrons. The first-order valence-electron chi connectivity index (χ1n) is 5.93. The SMILES string of the molecule is NS(=O)(=O)c1ccccc1NCC1(CCO)CC1. The van der Waals surface area contributed by atoms with Crippen molar-refractivity contribution in [2.45, 2.75) is 24.2 Å². The number of aliphatic hydroxyl groups excluding tert-OH is 1. The van der Waals surface area contributed by atoms with Crippen molar-refractivity contribution in [1.29, 1.82) is 0 Å². The van der Waals surface area contributed by atoms with Gasteiger partial charge in [-0.05, 0) is 36.8 Å². The van der Waals surface area contributed by atoms with Crippen LogP contribution in [-0.4, -0.2) is 26.7 Å². The molecule has 1 aromatic carbocycles. The maximum atomic E-state index is 11.4. The molecule has 1 aromatic rings. The fraction of sp³-hybridized carbons (Fsp3) is 0.500. The summed E-state index contributed by atoms with van der Waals surface area (Å²) < 4.78 is 22.8. The topological polar surface area (TPSA) is 92.4 Å². The van der Waals surface area contributed by atoms with Crippen LogP contribution in [0.2, 0.25) is 0 Å². The largest absolute Gasteiger partial charge is 0.396 e. The summed E-state index contributed by atoms with van der Waals surface area (Å²) in [4.78, 5) is 0.116. The lowest BCUT2D eigenvalue weighted by Gasteiger charge is -2.17. The van der Waals surface area contributed by atoms with Gasteiger partial charge in [-0.25, -0.2) is 13.6 Å². The lowest BCUT2D eigenvalue weighted by molar-refractivity contribution is 0.253. The van der Waals surface area contributed by atoms with Gasteiger partial charge in [0.2, 0.25) is 10.0 Å². The molecule has 1 fully saturated rings. The Kier molecular flexibility index (Phi) is 3.61. The number of anilines is 1. The normalized spacial score (nSPS) is 17.4.